The van der Waals surface area contributed by atoms with Crippen molar-refractivity contribution in [2.75, 3.05) is 0 Å². The van der Waals surface area contributed by atoms with Crippen molar-refractivity contribution in [3.8, 4) is 21.7 Å². The molecule has 1 atom stereocenters. The van der Waals surface area contributed by atoms with Gasteiger partial charge in [-0.15, -0.1) is 11.3 Å². The number of aromatic carboxylic acids is 1. The number of rotatable bonds is 2. The topological polar surface area (TPSA) is 75.1 Å². The second kappa shape index (κ2) is 6.44. The SMILES string of the molecule is CC(C)(C)[C@@H]1Cc2c(cc(-c3cccs3)c3[nH]ccc23)-c2cc(=O)c(C(=O)O)cn21. The monoisotopic (exact) mass is 418 g/mol. The van der Waals surface area contributed by atoms with Gasteiger partial charge in [0.1, 0.15) is 5.56 Å². The highest BCUT2D eigenvalue weighted by molar-refractivity contribution is 7.13. The van der Waals surface area contributed by atoms with Crippen LogP contribution in [0.4, 0.5) is 0 Å². The summed E-state index contributed by atoms with van der Waals surface area (Å²) in [6, 6.07) is 9.89. The number of aromatic nitrogens is 2. The number of nitrogens with one attached hydrogen (secondary N) is 1. The summed E-state index contributed by atoms with van der Waals surface area (Å²) in [5, 5.41) is 12.7. The van der Waals surface area contributed by atoms with E-state index in [4.69, 9.17) is 0 Å². The Labute approximate surface area is 177 Å². The number of carboxylic acids is 1. The van der Waals surface area contributed by atoms with Gasteiger partial charge in [-0.3, -0.25) is 4.79 Å². The van der Waals surface area contributed by atoms with Gasteiger partial charge < -0.3 is 14.7 Å². The second-order valence-electron chi connectivity index (χ2n) is 8.93. The summed E-state index contributed by atoms with van der Waals surface area (Å²) < 4.78 is 2.00. The fraction of sp³-hybridized carbons (Fsp3) is 0.250. The zero-order valence-corrected chi connectivity index (χ0v) is 17.8. The summed E-state index contributed by atoms with van der Waals surface area (Å²) in [5.74, 6) is -1.19. The number of H-pyrrole nitrogens is 1. The molecular weight excluding hydrogens is 396 g/mol. The third kappa shape index (κ3) is 2.75. The molecule has 0 amide bonds. The molecule has 152 valence electrons. The molecule has 0 aliphatic carbocycles. The number of nitrogens with zero attached hydrogens (tertiary/aromatic N) is 1. The number of pyridine rings is 1. The number of aromatic amines is 1. The van der Waals surface area contributed by atoms with Crippen LogP contribution in [0, 0.1) is 5.41 Å². The van der Waals surface area contributed by atoms with Crippen LogP contribution in [0.1, 0.15) is 42.7 Å². The summed E-state index contributed by atoms with van der Waals surface area (Å²) in [4.78, 5) is 28.8. The number of carboxylic acid groups (broad SMARTS) is 1. The Morgan fingerprint density at radius 3 is 2.70 bits per heavy atom. The fourth-order valence-corrected chi connectivity index (χ4v) is 5.32. The van der Waals surface area contributed by atoms with E-state index in [0.29, 0.717) is 0 Å². The molecule has 0 bridgehead atoms. The highest BCUT2D eigenvalue weighted by atomic mass is 32.1. The van der Waals surface area contributed by atoms with Crippen molar-refractivity contribution in [1.29, 1.82) is 0 Å². The zero-order valence-electron chi connectivity index (χ0n) is 17.0. The largest absolute Gasteiger partial charge is 0.477 e. The van der Waals surface area contributed by atoms with E-state index in [2.05, 4.69) is 49.3 Å². The van der Waals surface area contributed by atoms with E-state index in [1.807, 2.05) is 16.8 Å². The first-order valence-electron chi connectivity index (χ1n) is 9.92. The smallest absolute Gasteiger partial charge is 0.341 e. The molecule has 1 aliphatic heterocycles. The number of hydrogen-bond acceptors (Lipinski definition) is 3. The molecule has 0 spiro atoms. The average Bonchev–Trinajstić information content (AvgIpc) is 3.37. The van der Waals surface area contributed by atoms with Crippen molar-refractivity contribution in [1.82, 2.24) is 9.55 Å². The molecule has 0 fully saturated rings. The number of hydrogen-bond donors (Lipinski definition) is 2. The van der Waals surface area contributed by atoms with Gasteiger partial charge in [-0.05, 0) is 41.0 Å². The lowest BCUT2D eigenvalue weighted by atomic mass is 9.77. The van der Waals surface area contributed by atoms with Crippen LogP contribution < -0.4 is 5.43 Å². The Balaban J connectivity index is 1.88. The first-order chi connectivity index (χ1) is 14.3. The summed E-state index contributed by atoms with van der Waals surface area (Å²) in [7, 11) is 0. The van der Waals surface area contributed by atoms with Crippen LogP contribution in [-0.4, -0.2) is 20.6 Å². The number of carbonyl (C=O) groups is 1. The Bertz CT molecular complexity index is 1350. The third-order valence-corrected chi connectivity index (χ3v) is 6.96. The Hall–Kier alpha value is -3.12. The van der Waals surface area contributed by atoms with E-state index in [9.17, 15) is 14.7 Å². The number of benzene rings is 1. The van der Waals surface area contributed by atoms with Crippen LogP contribution in [0.15, 0.2) is 52.9 Å². The van der Waals surface area contributed by atoms with Gasteiger partial charge in [-0.25, -0.2) is 4.79 Å². The molecule has 2 N–H and O–H groups in total. The van der Waals surface area contributed by atoms with Crippen molar-refractivity contribution in [3.05, 3.63) is 69.5 Å². The van der Waals surface area contributed by atoms with E-state index in [1.54, 1.807) is 11.3 Å². The standard InChI is InChI=1S/C24H22N2O3S/c1-24(2,3)21-10-14-13-6-7-25-22(13)16(20-5-4-8-30-20)9-15(14)18-11-19(27)17(23(28)29)12-26(18)21/h4-9,11-12,21,25H,10H2,1-3H3,(H,28,29)/t21-/m0/s1. The molecule has 0 radical (unpaired) electrons. The summed E-state index contributed by atoms with van der Waals surface area (Å²) in [6.45, 7) is 6.46. The van der Waals surface area contributed by atoms with E-state index in [1.165, 1.54) is 17.8 Å². The Morgan fingerprint density at radius 1 is 1.23 bits per heavy atom. The number of fused-ring (bicyclic) bond motifs is 5. The molecule has 5 nitrogen and oxygen atoms in total. The minimum absolute atomic E-state index is 0.0318. The van der Waals surface area contributed by atoms with Crippen LogP contribution in [0.25, 0.3) is 32.6 Å². The molecule has 5 rings (SSSR count). The highest BCUT2D eigenvalue weighted by Crippen LogP contribution is 2.47. The van der Waals surface area contributed by atoms with Gasteiger partial charge in [-0.2, -0.15) is 0 Å². The van der Waals surface area contributed by atoms with Crippen molar-refractivity contribution in [3.63, 3.8) is 0 Å². The first-order valence-corrected chi connectivity index (χ1v) is 10.8. The molecule has 0 saturated heterocycles. The lowest BCUT2D eigenvalue weighted by molar-refractivity contribution is 0.0693. The van der Waals surface area contributed by atoms with Gasteiger partial charge in [0.05, 0.1) is 11.2 Å². The van der Waals surface area contributed by atoms with Crippen molar-refractivity contribution in [2.24, 2.45) is 5.41 Å². The second-order valence-corrected chi connectivity index (χ2v) is 9.88. The van der Waals surface area contributed by atoms with Gasteiger partial charge in [0.25, 0.3) is 0 Å². The number of thiophene rings is 1. The van der Waals surface area contributed by atoms with Gasteiger partial charge >= 0.3 is 5.97 Å². The summed E-state index contributed by atoms with van der Waals surface area (Å²) in [6.07, 6.45) is 4.27. The van der Waals surface area contributed by atoms with Gasteiger partial charge in [0, 0.05) is 45.9 Å². The van der Waals surface area contributed by atoms with E-state index in [-0.39, 0.29) is 17.0 Å². The van der Waals surface area contributed by atoms with Gasteiger partial charge in [0.2, 0.25) is 0 Å². The maximum absolute atomic E-state index is 12.6. The maximum Gasteiger partial charge on any atom is 0.341 e. The maximum atomic E-state index is 12.6. The van der Waals surface area contributed by atoms with Crippen LogP contribution in [0.3, 0.4) is 0 Å². The molecule has 1 aromatic carbocycles. The predicted octanol–water partition coefficient (Wildman–Crippen LogP) is 5.57. The van der Waals surface area contributed by atoms with E-state index >= 15 is 0 Å². The van der Waals surface area contributed by atoms with Crippen molar-refractivity contribution in [2.45, 2.75) is 33.2 Å². The minimum atomic E-state index is -1.19. The van der Waals surface area contributed by atoms with Crippen LogP contribution in [-0.2, 0) is 6.42 Å². The van der Waals surface area contributed by atoms with E-state index < -0.39 is 11.4 Å². The fourth-order valence-electron chi connectivity index (χ4n) is 4.57. The molecular formula is C24H22N2O3S. The zero-order chi connectivity index (χ0) is 21.2. The average molecular weight is 419 g/mol. The normalized spacial score (nSPS) is 15.8. The summed E-state index contributed by atoms with van der Waals surface area (Å²) in [5.41, 5.74) is 4.42. The molecule has 0 unspecified atom stereocenters. The molecule has 4 aromatic rings. The third-order valence-electron chi connectivity index (χ3n) is 6.06. The highest BCUT2D eigenvalue weighted by Gasteiger charge is 2.34. The summed E-state index contributed by atoms with van der Waals surface area (Å²) >= 11 is 1.67. The van der Waals surface area contributed by atoms with Crippen molar-refractivity contribution >= 4 is 28.2 Å². The predicted molar refractivity (Wildman–Crippen MR) is 120 cm³/mol. The van der Waals surface area contributed by atoms with Gasteiger partial charge in [0.15, 0.2) is 5.43 Å². The molecule has 0 saturated carbocycles. The quantitative estimate of drug-likeness (QED) is 0.447. The lowest BCUT2D eigenvalue weighted by Gasteiger charge is -2.39. The Kier molecular flexibility index (Phi) is 4.05. The minimum Gasteiger partial charge on any atom is -0.477 e. The lowest BCUT2D eigenvalue weighted by Crippen LogP contribution is -2.32. The molecule has 30 heavy (non-hydrogen) atoms. The molecule has 1 aliphatic rings. The van der Waals surface area contributed by atoms with Crippen LogP contribution >= 0.6 is 11.3 Å². The van der Waals surface area contributed by atoms with Crippen LogP contribution in [0.5, 0.6) is 0 Å². The molecule has 4 heterocycles. The van der Waals surface area contributed by atoms with Crippen molar-refractivity contribution < 1.29 is 9.90 Å². The van der Waals surface area contributed by atoms with Crippen LogP contribution in [0.2, 0.25) is 0 Å². The molecule has 3 aromatic heterocycles. The van der Waals surface area contributed by atoms with E-state index in [0.717, 1.165) is 39.0 Å². The Morgan fingerprint density at radius 2 is 2.03 bits per heavy atom. The molecule has 6 heteroatoms. The van der Waals surface area contributed by atoms with Gasteiger partial charge in [-0.1, -0.05) is 26.8 Å². The first kappa shape index (κ1) is 18.9.